The highest BCUT2D eigenvalue weighted by Gasteiger charge is 2.23. The van der Waals surface area contributed by atoms with E-state index in [9.17, 15) is 19.2 Å². The molecular formula is C18H26N2O6S. The molecule has 0 aliphatic rings. The Morgan fingerprint density at radius 1 is 0.852 bits per heavy atom. The summed E-state index contributed by atoms with van der Waals surface area (Å²) >= 11 is 0.880. The highest BCUT2D eigenvalue weighted by Crippen LogP contribution is 2.19. The van der Waals surface area contributed by atoms with Gasteiger partial charge in [0, 0.05) is 13.1 Å². The van der Waals surface area contributed by atoms with Crippen LogP contribution in [0.5, 0.6) is 0 Å². The van der Waals surface area contributed by atoms with E-state index in [1.54, 1.807) is 0 Å². The van der Waals surface area contributed by atoms with Gasteiger partial charge >= 0.3 is 11.9 Å². The van der Waals surface area contributed by atoms with Crippen molar-refractivity contribution in [3.8, 4) is 0 Å². The normalized spacial score (nSPS) is 12.6. The predicted molar refractivity (Wildman–Crippen MR) is 101 cm³/mol. The van der Waals surface area contributed by atoms with Gasteiger partial charge in [0.25, 0.3) is 11.8 Å². The van der Waals surface area contributed by atoms with Crippen molar-refractivity contribution in [3.05, 3.63) is 21.9 Å². The number of carbonyl (C=O) groups excluding carboxylic acids is 4. The van der Waals surface area contributed by atoms with Crippen molar-refractivity contribution in [2.45, 2.75) is 52.7 Å². The fourth-order valence-corrected chi connectivity index (χ4v) is 2.66. The van der Waals surface area contributed by atoms with E-state index in [-0.39, 0.29) is 21.6 Å². The lowest BCUT2D eigenvalue weighted by Crippen LogP contribution is -2.36. The summed E-state index contributed by atoms with van der Waals surface area (Å²) in [4.78, 5) is 48.0. The smallest absolute Gasteiger partial charge is 0.349 e. The minimum Gasteiger partial charge on any atom is -0.448 e. The molecule has 1 aromatic heterocycles. The van der Waals surface area contributed by atoms with Crippen LogP contribution < -0.4 is 10.6 Å². The van der Waals surface area contributed by atoms with Crippen LogP contribution in [0.25, 0.3) is 0 Å². The molecule has 2 amide bonds. The van der Waals surface area contributed by atoms with Crippen molar-refractivity contribution in [2.75, 3.05) is 13.1 Å². The van der Waals surface area contributed by atoms with E-state index < -0.39 is 24.1 Å². The second kappa shape index (κ2) is 11.3. The fourth-order valence-electron chi connectivity index (χ4n) is 1.89. The molecule has 0 saturated carbocycles. The van der Waals surface area contributed by atoms with Crippen LogP contribution in [-0.4, -0.2) is 49.1 Å². The lowest BCUT2D eigenvalue weighted by atomic mass is 10.3. The molecule has 0 aromatic carbocycles. The first-order valence-electron chi connectivity index (χ1n) is 8.87. The number of ether oxygens (including phenoxy) is 2. The number of esters is 2. The molecule has 0 aliphatic carbocycles. The van der Waals surface area contributed by atoms with Crippen molar-refractivity contribution in [3.63, 3.8) is 0 Å². The third-order valence-corrected chi connectivity index (χ3v) is 4.46. The van der Waals surface area contributed by atoms with Crippen LogP contribution in [-0.2, 0) is 19.1 Å². The van der Waals surface area contributed by atoms with Crippen LogP contribution >= 0.6 is 11.3 Å². The molecule has 1 rings (SSSR count). The van der Waals surface area contributed by atoms with Crippen LogP contribution in [0.4, 0.5) is 0 Å². The van der Waals surface area contributed by atoms with E-state index in [0.717, 1.165) is 24.2 Å². The van der Waals surface area contributed by atoms with E-state index in [1.807, 2.05) is 13.8 Å². The Balaban J connectivity index is 2.60. The Hall–Kier alpha value is -2.42. The maximum Gasteiger partial charge on any atom is 0.349 e. The first kappa shape index (κ1) is 22.6. The van der Waals surface area contributed by atoms with Gasteiger partial charge in [-0.1, -0.05) is 13.8 Å². The standard InChI is InChI=1S/C18H26N2O6S/c1-5-9-19-15(21)11(3)25-17(23)13-7-8-14(27-13)18(24)26-12(4)16(22)20-10-6-2/h7-8,11-12H,5-6,9-10H2,1-4H3,(H,19,21)(H,20,22)/t11-,12+. The minimum atomic E-state index is -0.941. The van der Waals surface area contributed by atoms with E-state index in [2.05, 4.69) is 10.6 Å². The summed E-state index contributed by atoms with van der Waals surface area (Å²) in [6.07, 6.45) is -0.331. The quantitative estimate of drug-likeness (QED) is 0.582. The Morgan fingerprint density at radius 3 is 1.56 bits per heavy atom. The SMILES string of the molecule is CCCNC(=O)[C@H](C)OC(=O)c1ccc(C(=O)O[C@H](C)C(=O)NCCC)s1. The van der Waals surface area contributed by atoms with Crippen molar-refractivity contribution >= 4 is 35.1 Å². The molecule has 0 fully saturated rings. The van der Waals surface area contributed by atoms with Gasteiger partial charge in [0.15, 0.2) is 12.2 Å². The lowest BCUT2D eigenvalue weighted by molar-refractivity contribution is -0.129. The highest BCUT2D eigenvalue weighted by molar-refractivity contribution is 7.15. The zero-order valence-corrected chi connectivity index (χ0v) is 16.8. The number of nitrogens with one attached hydrogen (secondary N) is 2. The van der Waals surface area contributed by atoms with Gasteiger partial charge in [-0.05, 0) is 38.8 Å². The van der Waals surface area contributed by atoms with Gasteiger partial charge < -0.3 is 20.1 Å². The Labute approximate surface area is 162 Å². The molecular weight excluding hydrogens is 372 g/mol. The Bertz CT molecular complexity index is 618. The molecule has 0 unspecified atom stereocenters. The average molecular weight is 398 g/mol. The van der Waals surface area contributed by atoms with Gasteiger partial charge in [-0.2, -0.15) is 0 Å². The number of carbonyl (C=O) groups is 4. The predicted octanol–water partition coefficient (Wildman–Crippen LogP) is 1.89. The van der Waals surface area contributed by atoms with Gasteiger partial charge in [-0.3, -0.25) is 9.59 Å². The average Bonchev–Trinajstić information content (AvgIpc) is 3.14. The van der Waals surface area contributed by atoms with Crippen molar-refractivity contribution in [1.29, 1.82) is 0 Å². The highest BCUT2D eigenvalue weighted by atomic mass is 32.1. The third-order valence-electron chi connectivity index (χ3n) is 3.41. The van der Waals surface area contributed by atoms with Crippen molar-refractivity contribution < 1.29 is 28.7 Å². The molecule has 0 spiro atoms. The summed E-state index contributed by atoms with van der Waals surface area (Å²) < 4.78 is 10.2. The van der Waals surface area contributed by atoms with E-state index >= 15 is 0 Å². The minimum absolute atomic E-state index is 0.167. The molecule has 2 N–H and O–H groups in total. The van der Waals surface area contributed by atoms with Crippen molar-refractivity contribution in [1.82, 2.24) is 10.6 Å². The molecule has 150 valence electrons. The maximum atomic E-state index is 12.1. The molecule has 1 heterocycles. The van der Waals surface area contributed by atoms with E-state index in [0.29, 0.717) is 13.1 Å². The van der Waals surface area contributed by atoms with Gasteiger partial charge in [0.1, 0.15) is 9.75 Å². The summed E-state index contributed by atoms with van der Waals surface area (Å²) in [7, 11) is 0. The van der Waals surface area contributed by atoms with Gasteiger partial charge in [-0.25, -0.2) is 9.59 Å². The second-order valence-electron chi connectivity index (χ2n) is 5.84. The second-order valence-corrected chi connectivity index (χ2v) is 6.92. The Morgan fingerprint density at radius 2 is 1.22 bits per heavy atom. The van der Waals surface area contributed by atoms with Crippen LogP contribution in [0.3, 0.4) is 0 Å². The molecule has 0 radical (unpaired) electrons. The van der Waals surface area contributed by atoms with Crippen LogP contribution in [0.15, 0.2) is 12.1 Å². The number of hydrogen-bond acceptors (Lipinski definition) is 7. The Kier molecular flexibility index (Phi) is 9.49. The number of hydrogen-bond donors (Lipinski definition) is 2. The summed E-state index contributed by atoms with van der Waals surface area (Å²) in [5.74, 6) is -2.17. The molecule has 0 bridgehead atoms. The molecule has 2 atom stereocenters. The molecule has 8 nitrogen and oxygen atoms in total. The van der Waals surface area contributed by atoms with Crippen molar-refractivity contribution in [2.24, 2.45) is 0 Å². The summed E-state index contributed by atoms with van der Waals surface area (Å²) in [5.41, 5.74) is 0. The summed E-state index contributed by atoms with van der Waals surface area (Å²) in [6, 6.07) is 2.84. The third kappa shape index (κ3) is 7.38. The molecule has 0 aliphatic heterocycles. The first-order valence-corrected chi connectivity index (χ1v) is 9.68. The van der Waals surface area contributed by atoms with Crippen LogP contribution in [0.1, 0.15) is 59.9 Å². The molecule has 0 saturated heterocycles. The summed E-state index contributed by atoms with van der Waals surface area (Å²) in [6.45, 7) is 7.78. The van der Waals surface area contributed by atoms with Gasteiger partial charge in [0.2, 0.25) is 0 Å². The molecule has 9 heteroatoms. The largest absolute Gasteiger partial charge is 0.448 e. The lowest BCUT2D eigenvalue weighted by Gasteiger charge is -2.12. The zero-order chi connectivity index (χ0) is 20.4. The summed E-state index contributed by atoms with van der Waals surface area (Å²) in [5, 5.41) is 5.27. The van der Waals surface area contributed by atoms with E-state index in [4.69, 9.17) is 9.47 Å². The molecule has 1 aromatic rings. The van der Waals surface area contributed by atoms with Gasteiger partial charge in [-0.15, -0.1) is 11.3 Å². The van der Waals surface area contributed by atoms with Crippen LogP contribution in [0, 0.1) is 0 Å². The number of amides is 2. The topological polar surface area (TPSA) is 111 Å². The first-order chi connectivity index (χ1) is 12.8. The fraction of sp³-hybridized carbons (Fsp3) is 0.556. The number of thiophene rings is 1. The maximum absolute atomic E-state index is 12.1. The van der Waals surface area contributed by atoms with Gasteiger partial charge in [0.05, 0.1) is 0 Å². The molecule has 27 heavy (non-hydrogen) atoms. The van der Waals surface area contributed by atoms with E-state index in [1.165, 1.54) is 26.0 Å². The van der Waals surface area contributed by atoms with Crippen LogP contribution in [0.2, 0.25) is 0 Å². The number of rotatable bonds is 10. The zero-order valence-electron chi connectivity index (χ0n) is 16.0. The monoisotopic (exact) mass is 398 g/mol.